The lowest BCUT2D eigenvalue weighted by Gasteiger charge is -2.17. The van der Waals surface area contributed by atoms with Crippen molar-refractivity contribution < 1.29 is 32.2 Å². The number of nitrogens with one attached hydrogen (secondary N) is 2. The molecule has 6 nitrogen and oxygen atoms in total. The second-order valence-corrected chi connectivity index (χ2v) is 6.54. The molecule has 0 heterocycles. The van der Waals surface area contributed by atoms with Gasteiger partial charge in [0, 0.05) is 17.4 Å². The third-order valence-corrected chi connectivity index (χ3v) is 4.36. The number of amides is 2. The van der Waals surface area contributed by atoms with E-state index in [1.807, 2.05) is 0 Å². The number of halogens is 3. The topological polar surface area (TPSA) is 68.8 Å². The molecule has 9 heteroatoms. The number of anilines is 2. The van der Waals surface area contributed by atoms with Crippen LogP contribution in [0.4, 0.5) is 29.3 Å². The van der Waals surface area contributed by atoms with Crippen molar-refractivity contribution in [1.29, 1.82) is 0 Å². The van der Waals surface area contributed by atoms with Gasteiger partial charge in [0.15, 0.2) is 11.5 Å². The first-order chi connectivity index (χ1) is 13.8. The summed E-state index contributed by atoms with van der Waals surface area (Å²) in [5.41, 5.74) is 0.807. The molecule has 2 N–H and O–H groups in total. The van der Waals surface area contributed by atoms with Crippen molar-refractivity contribution in [3.63, 3.8) is 0 Å². The summed E-state index contributed by atoms with van der Waals surface area (Å²) in [4.78, 5) is 12.2. The largest absolute Gasteiger partial charge is 0.573 e. The maximum absolute atomic E-state index is 12.2. The fourth-order valence-corrected chi connectivity index (χ4v) is 3.07. The Morgan fingerprint density at radius 1 is 0.966 bits per heavy atom. The van der Waals surface area contributed by atoms with Crippen molar-refractivity contribution in [2.45, 2.75) is 38.1 Å². The summed E-state index contributed by atoms with van der Waals surface area (Å²) in [6, 6.07) is 9.34. The zero-order valence-electron chi connectivity index (χ0n) is 15.7. The summed E-state index contributed by atoms with van der Waals surface area (Å²) in [5, 5.41) is 5.21. The van der Waals surface area contributed by atoms with Crippen molar-refractivity contribution in [3.05, 3.63) is 42.5 Å². The van der Waals surface area contributed by atoms with Gasteiger partial charge in [-0.2, -0.15) is 0 Å². The van der Waals surface area contributed by atoms with E-state index in [0.717, 1.165) is 37.8 Å². The first-order valence-corrected chi connectivity index (χ1v) is 9.11. The zero-order valence-corrected chi connectivity index (χ0v) is 15.7. The van der Waals surface area contributed by atoms with E-state index in [4.69, 9.17) is 9.47 Å². The van der Waals surface area contributed by atoms with Crippen LogP contribution in [-0.4, -0.2) is 25.6 Å². The Labute approximate surface area is 166 Å². The van der Waals surface area contributed by atoms with Crippen molar-refractivity contribution >= 4 is 17.4 Å². The molecule has 156 valence electrons. The molecule has 0 radical (unpaired) electrons. The average Bonchev–Trinajstić information content (AvgIpc) is 3.15. The van der Waals surface area contributed by atoms with E-state index in [0.29, 0.717) is 22.9 Å². The Balaban J connectivity index is 1.61. The number of urea groups is 1. The SMILES string of the molecule is COc1ccc(NC(=O)Nc2ccc(OC(F)(F)F)cc2)cc1OC1CCCC1. The number of methoxy groups -OCH3 is 1. The van der Waals surface area contributed by atoms with Crippen LogP contribution in [-0.2, 0) is 0 Å². The second kappa shape index (κ2) is 8.93. The summed E-state index contributed by atoms with van der Waals surface area (Å²) in [6.45, 7) is 0. The molecule has 0 atom stereocenters. The molecule has 0 aliphatic heterocycles. The van der Waals surface area contributed by atoms with Crippen molar-refractivity contribution in [2.75, 3.05) is 17.7 Å². The van der Waals surface area contributed by atoms with Crippen molar-refractivity contribution in [3.8, 4) is 17.2 Å². The third kappa shape index (κ3) is 6.20. The van der Waals surface area contributed by atoms with Crippen LogP contribution in [0.25, 0.3) is 0 Å². The monoisotopic (exact) mass is 410 g/mol. The third-order valence-electron chi connectivity index (χ3n) is 4.36. The maximum Gasteiger partial charge on any atom is 0.573 e. The van der Waals surface area contributed by atoms with Crippen LogP contribution in [0, 0.1) is 0 Å². The van der Waals surface area contributed by atoms with E-state index >= 15 is 0 Å². The molecule has 0 bridgehead atoms. The standard InChI is InChI=1S/C20H21F3N2O4/c1-27-17-11-8-14(12-18(17)28-15-4-2-3-5-15)25-19(26)24-13-6-9-16(10-7-13)29-20(21,22)23/h6-12,15H,2-5H2,1H3,(H2,24,25,26). The van der Waals surface area contributed by atoms with Crippen LogP contribution in [0.15, 0.2) is 42.5 Å². The number of ether oxygens (including phenoxy) is 3. The van der Waals surface area contributed by atoms with E-state index in [9.17, 15) is 18.0 Å². The van der Waals surface area contributed by atoms with Gasteiger partial charge in [-0.3, -0.25) is 0 Å². The molecule has 2 aromatic carbocycles. The number of hydrogen-bond donors (Lipinski definition) is 2. The summed E-state index contributed by atoms with van der Waals surface area (Å²) >= 11 is 0. The molecular formula is C20H21F3N2O4. The molecule has 1 fully saturated rings. The number of carbonyl (C=O) groups is 1. The van der Waals surface area contributed by atoms with Gasteiger partial charge >= 0.3 is 12.4 Å². The lowest BCUT2D eigenvalue weighted by molar-refractivity contribution is -0.274. The number of hydrogen-bond acceptors (Lipinski definition) is 4. The molecular weight excluding hydrogens is 389 g/mol. The highest BCUT2D eigenvalue weighted by molar-refractivity contribution is 5.99. The number of rotatable bonds is 6. The average molecular weight is 410 g/mol. The number of alkyl halides is 3. The predicted octanol–water partition coefficient (Wildman–Crippen LogP) is 5.56. The lowest BCUT2D eigenvalue weighted by atomic mass is 10.2. The summed E-state index contributed by atoms with van der Waals surface area (Å²) in [5.74, 6) is 0.751. The van der Waals surface area contributed by atoms with Gasteiger partial charge in [-0.05, 0) is 62.1 Å². The van der Waals surface area contributed by atoms with Gasteiger partial charge in [-0.25, -0.2) is 4.79 Å². The molecule has 29 heavy (non-hydrogen) atoms. The van der Waals surface area contributed by atoms with E-state index in [-0.39, 0.29) is 11.9 Å². The molecule has 0 aromatic heterocycles. The van der Waals surface area contributed by atoms with Crippen LogP contribution < -0.4 is 24.8 Å². The molecule has 1 aliphatic rings. The lowest BCUT2D eigenvalue weighted by Crippen LogP contribution is -2.20. The highest BCUT2D eigenvalue weighted by atomic mass is 19.4. The zero-order chi connectivity index (χ0) is 20.9. The van der Waals surface area contributed by atoms with Gasteiger partial charge in [0.25, 0.3) is 0 Å². The first kappa shape index (κ1) is 20.6. The van der Waals surface area contributed by atoms with E-state index in [1.165, 1.54) is 12.1 Å². The van der Waals surface area contributed by atoms with Gasteiger partial charge in [-0.15, -0.1) is 13.2 Å². The molecule has 2 amide bonds. The Bertz CT molecular complexity index is 835. The molecule has 0 saturated heterocycles. The van der Waals surface area contributed by atoms with Crippen LogP contribution in [0.5, 0.6) is 17.2 Å². The van der Waals surface area contributed by atoms with Gasteiger partial charge in [0.2, 0.25) is 0 Å². The fourth-order valence-electron chi connectivity index (χ4n) is 3.07. The predicted molar refractivity (Wildman–Crippen MR) is 102 cm³/mol. The minimum atomic E-state index is -4.76. The minimum Gasteiger partial charge on any atom is -0.493 e. The first-order valence-electron chi connectivity index (χ1n) is 9.11. The molecule has 3 rings (SSSR count). The van der Waals surface area contributed by atoms with Gasteiger partial charge in [-0.1, -0.05) is 0 Å². The summed E-state index contributed by atoms with van der Waals surface area (Å²) in [7, 11) is 1.54. The number of benzene rings is 2. The van der Waals surface area contributed by atoms with Crippen LogP contribution in [0.3, 0.4) is 0 Å². The molecule has 0 unspecified atom stereocenters. The van der Waals surface area contributed by atoms with Gasteiger partial charge < -0.3 is 24.8 Å². The van der Waals surface area contributed by atoms with Crippen LogP contribution >= 0.6 is 0 Å². The quantitative estimate of drug-likeness (QED) is 0.654. The van der Waals surface area contributed by atoms with E-state index < -0.39 is 12.4 Å². The number of carbonyl (C=O) groups excluding carboxylic acids is 1. The summed E-state index contributed by atoms with van der Waals surface area (Å²) < 4.78 is 51.7. The smallest absolute Gasteiger partial charge is 0.493 e. The highest BCUT2D eigenvalue weighted by Crippen LogP contribution is 2.34. The molecule has 1 aliphatic carbocycles. The Morgan fingerprint density at radius 3 is 2.21 bits per heavy atom. The fraction of sp³-hybridized carbons (Fsp3) is 0.350. The molecule has 2 aromatic rings. The van der Waals surface area contributed by atoms with Crippen molar-refractivity contribution in [1.82, 2.24) is 0 Å². The van der Waals surface area contributed by atoms with Gasteiger partial charge in [0.1, 0.15) is 5.75 Å². The Kier molecular flexibility index (Phi) is 6.36. The molecule has 0 spiro atoms. The van der Waals surface area contributed by atoms with Crippen LogP contribution in [0.1, 0.15) is 25.7 Å². The van der Waals surface area contributed by atoms with E-state index in [2.05, 4.69) is 15.4 Å². The maximum atomic E-state index is 12.2. The Morgan fingerprint density at radius 2 is 1.59 bits per heavy atom. The normalized spacial score (nSPS) is 14.3. The minimum absolute atomic E-state index is 0.130. The summed E-state index contributed by atoms with van der Waals surface area (Å²) in [6.07, 6.45) is -0.422. The Hall–Kier alpha value is -3.10. The second-order valence-electron chi connectivity index (χ2n) is 6.54. The van der Waals surface area contributed by atoms with E-state index in [1.54, 1.807) is 25.3 Å². The van der Waals surface area contributed by atoms with Crippen molar-refractivity contribution in [2.24, 2.45) is 0 Å². The van der Waals surface area contributed by atoms with Crippen LogP contribution in [0.2, 0.25) is 0 Å². The highest BCUT2D eigenvalue weighted by Gasteiger charge is 2.31. The molecule has 1 saturated carbocycles. The van der Waals surface area contributed by atoms with Gasteiger partial charge in [0.05, 0.1) is 13.2 Å².